The van der Waals surface area contributed by atoms with Crippen LogP contribution in [0.4, 0.5) is 17.1 Å². The third-order valence-corrected chi connectivity index (χ3v) is 5.18. The van der Waals surface area contributed by atoms with Crippen molar-refractivity contribution in [3.8, 4) is 11.1 Å². The molecule has 0 N–H and O–H groups in total. The molecule has 30 heavy (non-hydrogen) atoms. The summed E-state index contributed by atoms with van der Waals surface area (Å²) in [4.78, 5) is 14.3. The van der Waals surface area contributed by atoms with Gasteiger partial charge in [-0.05, 0) is 65.0 Å². The minimum absolute atomic E-state index is 0.315. The van der Waals surface area contributed by atoms with E-state index in [9.17, 15) is 4.79 Å². The van der Waals surface area contributed by atoms with Crippen LogP contribution in [0.25, 0.3) is 21.9 Å². The molecule has 0 aliphatic rings. The minimum Gasteiger partial charge on any atom is -0.431 e. The van der Waals surface area contributed by atoms with Gasteiger partial charge < -0.3 is 9.32 Å². The second-order valence-corrected chi connectivity index (χ2v) is 7.06. The highest BCUT2D eigenvalue weighted by molar-refractivity contribution is 5.86. The highest BCUT2D eigenvalue weighted by Crippen LogP contribution is 2.35. The summed E-state index contributed by atoms with van der Waals surface area (Å²) in [7, 11) is 0. The fourth-order valence-corrected chi connectivity index (χ4v) is 3.69. The van der Waals surface area contributed by atoms with Crippen LogP contribution in [-0.2, 0) is 0 Å². The average Bonchev–Trinajstić information content (AvgIpc) is 2.81. The predicted octanol–water partition coefficient (Wildman–Crippen LogP) is 6.93. The van der Waals surface area contributed by atoms with Crippen molar-refractivity contribution >= 4 is 27.8 Å². The molecule has 0 atom stereocenters. The lowest BCUT2D eigenvalue weighted by molar-refractivity contribution is 0.519. The first-order valence-corrected chi connectivity index (χ1v) is 9.82. The number of benzene rings is 4. The molecule has 0 spiro atoms. The molecule has 144 valence electrons. The van der Waals surface area contributed by atoms with Gasteiger partial charge >= 0.3 is 5.63 Å². The van der Waals surface area contributed by atoms with Crippen LogP contribution in [0.5, 0.6) is 0 Å². The zero-order chi connectivity index (χ0) is 20.3. The topological polar surface area (TPSA) is 33.5 Å². The third-order valence-electron chi connectivity index (χ3n) is 5.18. The van der Waals surface area contributed by atoms with Crippen molar-refractivity contribution in [2.75, 3.05) is 4.90 Å². The van der Waals surface area contributed by atoms with E-state index in [0.29, 0.717) is 5.39 Å². The van der Waals surface area contributed by atoms with Crippen molar-refractivity contribution in [2.24, 2.45) is 0 Å². The Balaban J connectivity index is 1.56. The zero-order valence-corrected chi connectivity index (χ0v) is 16.2. The minimum atomic E-state index is -0.315. The molecular weight excluding hydrogens is 370 g/mol. The Morgan fingerprint density at radius 3 is 1.77 bits per heavy atom. The number of rotatable bonds is 4. The summed E-state index contributed by atoms with van der Waals surface area (Å²) in [5.74, 6) is 0. The average molecular weight is 389 g/mol. The lowest BCUT2D eigenvalue weighted by atomic mass is 10.0. The van der Waals surface area contributed by atoms with Crippen molar-refractivity contribution in [3.05, 3.63) is 126 Å². The summed E-state index contributed by atoms with van der Waals surface area (Å²) in [6, 6.07) is 36.7. The molecule has 0 saturated carbocycles. The van der Waals surface area contributed by atoms with Crippen molar-refractivity contribution in [1.29, 1.82) is 0 Å². The van der Waals surface area contributed by atoms with Gasteiger partial charge in [0.25, 0.3) is 0 Å². The summed E-state index contributed by atoms with van der Waals surface area (Å²) in [5.41, 5.74) is 4.98. The van der Waals surface area contributed by atoms with Crippen LogP contribution in [0.1, 0.15) is 0 Å². The molecule has 5 rings (SSSR count). The number of hydrogen-bond donors (Lipinski definition) is 0. The van der Waals surface area contributed by atoms with Crippen molar-refractivity contribution in [3.63, 3.8) is 0 Å². The molecule has 1 aromatic heterocycles. The van der Waals surface area contributed by atoms with Gasteiger partial charge in [-0.15, -0.1) is 0 Å². The molecule has 0 saturated heterocycles. The van der Waals surface area contributed by atoms with Gasteiger partial charge in [-0.25, -0.2) is 4.79 Å². The van der Waals surface area contributed by atoms with Crippen LogP contribution in [-0.4, -0.2) is 0 Å². The van der Waals surface area contributed by atoms with E-state index < -0.39 is 0 Å². The predicted molar refractivity (Wildman–Crippen MR) is 123 cm³/mol. The summed E-state index contributed by atoms with van der Waals surface area (Å²) in [6.45, 7) is 0. The molecule has 3 nitrogen and oxygen atoms in total. The highest BCUT2D eigenvalue weighted by atomic mass is 16.4. The summed E-state index contributed by atoms with van der Waals surface area (Å²) < 4.78 is 5.02. The quantitative estimate of drug-likeness (QED) is 0.334. The zero-order valence-electron chi connectivity index (χ0n) is 16.2. The molecule has 0 bridgehead atoms. The Morgan fingerprint density at radius 1 is 0.567 bits per heavy atom. The Kier molecular flexibility index (Phi) is 4.62. The maximum absolute atomic E-state index is 12.0. The molecule has 5 aromatic rings. The first kappa shape index (κ1) is 18.0. The fourth-order valence-electron chi connectivity index (χ4n) is 3.69. The fraction of sp³-hybridized carbons (Fsp3) is 0. The van der Waals surface area contributed by atoms with Crippen LogP contribution in [0.2, 0.25) is 0 Å². The standard InChI is InChI=1S/C27H19NO2/c29-27-26-19-22(12-11-21(26)17-18-30-27)20-13-15-25(16-14-20)28(23-7-3-1-4-8-23)24-9-5-2-6-10-24/h1-19H. The monoisotopic (exact) mass is 389 g/mol. The van der Waals surface area contributed by atoms with Gasteiger partial charge in [-0.1, -0.05) is 60.7 Å². The molecular formula is C27H19NO2. The van der Waals surface area contributed by atoms with Crippen LogP contribution in [0.3, 0.4) is 0 Å². The molecule has 0 unspecified atom stereocenters. The Morgan fingerprint density at radius 2 is 1.13 bits per heavy atom. The van der Waals surface area contributed by atoms with E-state index in [4.69, 9.17) is 4.42 Å². The van der Waals surface area contributed by atoms with Crippen molar-refractivity contribution in [1.82, 2.24) is 0 Å². The Hall–Kier alpha value is -4.11. The number of hydrogen-bond acceptors (Lipinski definition) is 3. The molecule has 0 fully saturated rings. The Bertz CT molecular complexity index is 1300. The van der Waals surface area contributed by atoms with Crippen molar-refractivity contribution < 1.29 is 4.42 Å². The first-order chi connectivity index (χ1) is 14.8. The maximum Gasteiger partial charge on any atom is 0.343 e. The van der Waals surface area contributed by atoms with Crippen LogP contribution >= 0.6 is 0 Å². The van der Waals surface area contributed by atoms with Gasteiger partial charge in [0.1, 0.15) is 0 Å². The second-order valence-electron chi connectivity index (χ2n) is 7.06. The summed E-state index contributed by atoms with van der Waals surface area (Å²) in [6.07, 6.45) is 1.43. The van der Waals surface area contributed by atoms with E-state index in [-0.39, 0.29) is 5.63 Å². The number of para-hydroxylation sites is 2. The molecule has 0 radical (unpaired) electrons. The lowest BCUT2D eigenvalue weighted by Gasteiger charge is -2.25. The number of anilines is 3. The Labute approximate surface area is 174 Å². The van der Waals surface area contributed by atoms with Gasteiger partial charge in [-0.2, -0.15) is 0 Å². The number of nitrogens with zero attached hydrogens (tertiary/aromatic N) is 1. The van der Waals surface area contributed by atoms with E-state index in [1.165, 1.54) is 6.26 Å². The maximum atomic E-state index is 12.0. The molecule has 0 aliphatic heterocycles. The second kappa shape index (κ2) is 7.72. The smallest absolute Gasteiger partial charge is 0.343 e. The van der Waals surface area contributed by atoms with E-state index in [1.54, 1.807) is 6.07 Å². The van der Waals surface area contributed by atoms with Gasteiger partial charge in [0.2, 0.25) is 0 Å². The van der Waals surface area contributed by atoms with Gasteiger partial charge in [0.15, 0.2) is 0 Å². The van der Waals surface area contributed by atoms with Gasteiger partial charge in [0, 0.05) is 17.1 Å². The third kappa shape index (κ3) is 3.38. The normalized spacial score (nSPS) is 10.8. The highest BCUT2D eigenvalue weighted by Gasteiger charge is 2.12. The van der Waals surface area contributed by atoms with E-state index in [2.05, 4.69) is 53.4 Å². The SMILES string of the molecule is O=c1occc2ccc(-c3ccc(N(c4ccccc4)c4ccccc4)cc3)cc12. The summed E-state index contributed by atoms with van der Waals surface area (Å²) in [5, 5.41) is 1.47. The first-order valence-electron chi connectivity index (χ1n) is 9.82. The van der Waals surface area contributed by atoms with Crippen LogP contribution < -0.4 is 10.5 Å². The van der Waals surface area contributed by atoms with Crippen molar-refractivity contribution in [2.45, 2.75) is 0 Å². The molecule has 0 amide bonds. The van der Waals surface area contributed by atoms with Crippen LogP contribution in [0.15, 0.2) is 125 Å². The molecule has 0 aliphatic carbocycles. The van der Waals surface area contributed by atoms with Gasteiger partial charge in [0.05, 0.1) is 11.6 Å². The lowest BCUT2D eigenvalue weighted by Crippen LogP contribution is -2.09. The molecule has 4 aromatic carbocycles. The van der Waals surface area contributed by atoms with E-state index in [1.807, 2.05) is 54.6 Å². The van der Waals surface area contributed by atoms with Gasteiger partial charge in [-0.3, -0.25) is 0 Å². The molecule has 1 heterocycles. The molecule has 3 heteroatoms. The summed E-state index contributed by atoms with van der Waals surface area (Å²) >= 11 is 0. The van der Waals surface area contributed by atoms with E-state index in [0.717, 1.165) is 33.6 Å². The van der Waals surface area contributed by atoms with Crippen LogP contribution in [0, 0.1) is 0 Å². The number of fused-ring (bicyclic) bond motifs is 1. The van der Waals surface area contributed by atoms with E-state index >= 15 is 0 Å². The largest absolute Gasteiger partial charge is 0.431 e.